The second-order valence-electron chi connectivity index (χ2n) is 14.5. The maximum atomic E-state index is 14.1. The Labute approximate surface area is 330 Å². The van der Waals surface area contributed by atoms with Crippen molar-refractivity contribution in [1.82, 2.24) is 31.5 Å². The first-order valence-corrected chi connectivity index (χ1v) is 19.0. The first-order valence-electron chi connectivity index (χ1n) is 19.0. The lowest BCUT2D eigenvalue weighted by Gasteiger charge is -2.32. The van der Waals surface area contributed by atoms with Crippen molar-refractivity contribution in [3.8, 4) is 5.75 Å². The van der Waals surface area contributed by atoms with Gasteiger partial charge >= 0.3 is 11.9 Å². The number of nitrogens with one attached hydrogen (secondary N) is 5. The molecule has 1 aromatic carbocycles. The molecule has 318 valence electrons. The molecule has 13 N–H and O–H groups in total. The Morgan fingerprint density at radius 3 is 1.96 bits per heavy atom. The van der Waals surface area contributed by atoms with E-state index in [9.17, 15) is 53.7 Å². The molecule has 2 rings (SSSR count). The number of aliphatic hydroxyl groups excluding tert-OH is 1. The summed E-state index contributed by atoms with van der Waals surface area (Å²) in [5.41, 5.74) is 12.0. The van der Waals surface area contributed by atoms with Crippen LogP contribution in [0.25, 0.3) is 0 Å². The van der Waals surface area contributed by atoms with Crippen LogP contribution in [0.15, 0.2) is 24.3 Å². The van der Waals surface area contributed by atoms with E-state index in [0.29, 0.717) is 31.4 Å². The molecule has 20 heteroatoms. The molecule has 0 saturated carbocycles. The number of amides is 6. The van der Waals surface area contributed by atoms with Gasteiger partial charge in [0, 0.05) is 19.4 Å². The Bertz CT molecular complexity index is 1570. The number of hydrogen-bond donors (Lipinski definition) is 11. The monoisotopic (exact) mass is 806 g/mol. The highest BCUT2D eigenvalue weighted by Gasteiger charge is 2.41. The minimum absolute atomic E-state index is 0.0172. The van der Waals surface area contributed by atoms with Crippen molar-refractivity contribution in [2.45, 2.75) is 127 Å². The summed E-state index contributed by atoms with van der Waals surface area (Å²) in [6.07, 6.45) is -0.515. The van der Waals surface area contributed by atoms with Gasteiger partial charge in [-0.3, -0.25) is 33.6 Å². The average Bonchev–Trinajstić information content (AvgIpc) is 3.65. The zero-order valence-electron chi connectivity index (χ0n) is 32.7. The molecule has 1 aromatic rings. The number of aromatic hydroxyl groups is 1. The third-order valence-electron chi connectivity index (χ3n) is 9.49. The van der Waals surface area contributed by atoms with Gasteiger partial charge in [-0.2, -0.15) is 0 Å². The molecule has 0 aromatic heterocycles. The van der Waals surface area contributed by atoms with Crippen LogP contribution < -0.4 is 38.1 Å². The number of phenols is 1. The predicted molar refractivity (Wildman–Crippen MR) is 204 cm³/mol. The smallest absolute Gasteiger partial charge is 0.326 e. The number of benzene rings is 1. The molecular weight excluding hydrogens is 748 g/mol. The summed E-state index contributed by atoms with van der Waals surface area (Å²) in [5, 5.41) is 50.4. The van der Waals surface area contributed by atoms with Crippen molar-refractivity contribution in [1.29, 1.82) is 0 Å². The van der Waals surface area contributed by atoms with Crippen molar-refractivity contribution < 1.29 is 58.8 Å². The highest BCUT2D eigenvalue weighted by atomic mass is 16.4. The molecule has 0 aliphatic carbocycles. The van der Waals surface area contributed by atoms with E-state index in [2.05, 4.69) is 26.6 Å². The van der Waals surface area contributed by atoms with Crippen LogP contribution >= 0.6 is 0 Å². The summed E-state index contributed by atoms with van der Waals surface area (Å²) >= 11 is 0. The summed E-state index contributed by atoms with van der Waals surface area (Å²) in [5.74, 6) is -7.68. The number of carbonyl (C=O) groups is 8. The fourth-order valence-electron chi connectivity index (χ4n) is 6.04. The summed E-state index contributed by atoms with van der Waals surface area (Å²) in [4.78, 5) is 104. The number of nitrogens with zero attached hydrogens (tertiary/aromatic N) is 1. The molecule has 20 nitrogen and oxygen atoms in total. The van der Waals surface area contributed by atoms with E-state index in [4.69, 9.17) is 16.6 Å². The molecule has 1 aliphatic heterocycles. The molecule has 57 heavy (non-hydrogen) atoms. The predicted octanol–water partition coefficient (Wildman–Crippen LogP) is -2.19. The maximum Gasteiger partial charge on any atom is 0.326 e. The summed E-state index contributed by atoms with van der Waals surface area (Å²) in [6.45, 7) is 6.43. The van der Waals surface area contributed by atoms with Crippen LogP contribution in [0.4, 0.5) is 0 Å². The zero-order valence-corrected chi connectivity index (χ0v) is 32.7. The molecule has 0 bridgehead atoms. The van der Waals surface area contributed by atoms with E-state index < -0.39 is 108 Å². The number of likely N-dealkylation sites (tertiary alicyclic amines) is 1. The van der Waals surface area contributed by atoms with Crippen molar-refractivity contribution in [2.24, 2.45) is 17.4 Å². The number of hydrogen-bond acceptors (Lipinski definition) is 12. The van der Waals surface area contributed by atoms with Gasteiger partial charge in [-0.05, 0) is 82.5 Å². The third-order valence-corrected chi connectivity index (χ3v) is 9.49. The van der Waals surface area contributed by atoms with Gasteiger partial charge in [-0.15, -0.1) is 0 Å². The van der Waals surface area contributed by atoms with Gasteiger partial charge in [-0.25, -0.2) is 4.79 Å². The maximum absolute atomic E-state index is 14.1. The topological polar surface area (TPSA) is 333 Å². The van der Waals surface area contributed by atoms with E-state index >= 15 is 0 Å². The van der Waals surface area contributed by atoms with E-state index in [1.807, 2.05) is 0 Å². The van der Waals surface area contributed by atoms with Crippen LogP contribution in [0.5, 0.6) is 5.75 Å². The van der Waals surface area contributed by atoms with E-state index in [-0.39, 0.29) is 38.0 Å². The third kappa shape index (κ3) is 15.3. The number of carbonyl (C=O) groups excluding carboxylic acids is 6. The lowest BCUT2D eigenvalue weighted by molar-refractivity contribution is -0.143. The number of carboxylic acids is 2. The number of aliphatic carboxylic acids is 2. The molecule has 1 aliphatic rings. The minimum Gasteiger partial charge on any atom is -0.508 e. The number of rotatable bonds is 23. The number of unbranched alkanes of at least 4 members (excludes halogenated alkanes) is 1. The van der Waals surface area contributed by atoms with Crippen molar-refractivity contribution in [3.05, 3.63) is 29.8 Å². The molecule has 0 spiro atoms. The van der Waals surface area contributed by atoms with E-state index in [0.717, 1.165) is 0 Å². The van der Waals surface area contributed by atoms with Crippen LogP contribution in [0.3, 0.4) is 0 Å². The minimum atomic E-state index is -1.52. The molecule has 6 amide bonds. The zero-order chi connectivity index (χ0) is 43.0. The largest absolute Gasteiger partial charge is 0.508 e. The van der Waals surface area contributed by atoms with Crippen LogP contribution in [0.2, 0.25) is 0 Å². The lowest BCUT2D eigenvalue weighted by Crippen LogP contribution is -2.60. The Hall–Kier alpha value is -5.34. The second-order valence-corrected chi connectivity index (χ2v) is 14.5. The Morgan fingerprint density at radius 1 is 0.789 bits per heavy atom. The van der Waals surface area contributed by atoms with Crippen molar-refractivity contribution in [3.63, 3.8) is 0 Å². The fourth-order valence-corrected chi connectivity index (χ4v) is 6.04. The van der Waals surface area contributed by atoms with E-state index in [1.54, 1.807) is 26.0 Å². The molecule has 0 radical (unpaired) electrons. The van der Waals surface area contributed by atoms with Crippen molar-refractivity contribution in [2.75, 3.05) is 13.1 Å². The van der Waals surface area contributed by atoms with Gasteiger partial charge in [0.2, 0.25) is 35.4 Å². The highest BCUT2D eigenvalue weighted by Crippen LogP contribution is 2.21. The van der Waals surface area contributed by atoms with Gasteiger partial charge in [-0.1, -0.05) is 26.0 Å². The fraction of sp³-hybridized carbons (Fsp3) is 0.622. The second kappa shape index (κ2) is 23.0. The van der Waals surface area contributed by atoms with Crippen LogP contribution in [-0.2, 0) is 44.8 Å². The van der Waals surface area contributed by atoms with Crippen LogP contribution in [0, 0.1) is 5.92 Å². The van der Waals surface area contributed by atoms with Crippen LogP contribution in [-0.4, -0.2) is 134 Å². The highest BCUT2D eigenvalue weighted by molar-refractivity contribution is 5.97. The normalized spacial score (nSPS) is 17.5. The first-order chi connectivity index (χ1) is 26.8. The summed E-state index contributed by atoms with van der Waals surface area (Å²) < 4.78 is 0. The Morgan fingerprint density at radius 2 is 1.40 bits per heavy atom. The number of carboxylic acid groups (broad SMARTS) is 2. The van der Waals surface area contributed by atoms with Gasteiger partial charge in [0.15, 0.2) is 0 Å². The van der Waals surface area contributed by atoms with Gasteiger partial charge in [0.05, 0.1) is 6.10 Å². The van der Waals surface area contributed by atoms with Gasteiger partial charge in [0.25, 0.3) is 0 Å². The Kier molecular flexibility index (Phi) is 19.3. The SMILES string of the molecule is CC(C)[C@H](NC(=O)[C@H](Cc1ccc(O)cc1)NC(=O)[C@@H](N)[C@@H](C)O)C(=O)N1CCC[C@H]1C(=O)N[C@@H](CCCCN)C(=O)N[C@@H](C)C(=O)N[C@@H](CCC(=O)O)C(=O)O. The summed E-state index contributed by atoms with van der Waals surface area (Å²) in [6, 6.07) is -2.88. The Balaban J connectivity index is 2.24. The lowest BCUT2D eigenvalue weighted by atomic mass is 9.99. The molecule has 1 saturated heterocycles. The van der Waals surface area contributed by atoms with Gasteiger partial charge in [0.1, 0.15) is 48.0 Å². The summed E-state index contributed by atoms with van der Waals surface area (Å²) in [7, 11) is 0. The first kappa shape index (κ1) is 47.8. The van der Waals surface area contributed by atoms with Gasteiger partial charge < -0.3 is 63.4 Å². The number of phenolic OH excluding ortho intramolecular Hbond substituents is 1. The average molecular weight is 807 g/mol. The molecule has 8 atom stereocenters. The molecule has 0 unspecified atom stereocenters. The van der Waals surface area contributed by atoms with Crippen LogP contribution in [0.1, 0.15) is 78.2 Å². The van der Waals surface area contributed by atoms with Crippen molar-refractivity contribution >= 4 is 47.4 Å². The quantitative estimate of drug-likeness (QED) is 0.0524. The standard InChI is InChI=1S/C37H58N8O12/c1-19(2)30(44-33(52)26(43-35(54)29(39)21(4)46)18-22-10-12-23(47)13-11-22)36(55)45-17-7-9-27(45)34(53)41-24(8-5-6-16-38)32(51)40-20(3)31(50)42-25(37(56)57)14-15-28(48)49/h10-13,19-21,24-27,29-30,46-47H,5-9,14-18,38-39H2,1-4H3,(H,40,51)(H,41,53)(H,42,50)(H,43,54)(H,44,52)(H,48,49)(H,56,57)/t20-,21+,24-,25-,26-,27-,29-,30-/m0/s1. The van der Waals surface area contributed by atoms with E-state index in [1.165, 1.54) is 30.9 Å². The molecule has 1 heterocycles. The number of nitrogens with two attached hydrogens (primary N) is 2. The molecule has 1 fully saturated rings. The molecular formula is C37H58N8O12. The number of aliphatic hydroxyl groups is 1.